The second-order valence-corrected chi connectivity index (χ2v) is 8.20. The highest BCUT2D eigenvalue weighted by Crippen LogP contribution is 2.44. The smallest absolute Gasteiger partial charge is 0.112 e. The van der Waals surface area contributed by atoms with Gasteiger partial charge in [0.2, 0.25) is 0 Å². The maximum atomic E-state index is 10.3. The van der Waals surface area contributed by atoms with Crippen LogP contribution >= 0.6 is 0 Å². The highest BCUT2D eigenvalue weighted by atomic mass is 16.5. The molecular weight excluding hydrogens is 244 g/mol. The zero-order valence-electron chi connectivity index (χ0n) is 13.3. The lowest BCUT2D eigenvalue weighted by molar-refractivity contribution is -0.295. The van der Waals surface area contributed by atoms with Gasteiger partial charge < -0.3 is 20.1 Å². The molecule has 0 saturated carbocycles. The predicted molar refractivity (Wildman–Crippen MR) is 74.8 cm³/mol. The van der Waals surface area contributed by atoms with Gasteiger partial charge in [0, 0.05) is 0 Å². The van der Waals surface area contributed by atoms with Gasteiger partial charge >= 0.3 is 0 Å². The maximum absolute atomic E-state index is 10.3. The van der Waals surface area contributed by atoms with Crippen LogP contribution in [-0.4, -0.2) is 45.3 Å². The zero-order chi connectivity index (χ0) is 15.2. The number of hydrogen-bond acceptors (Lipinski definition) is 4. The molecule has 19 heavy (non-hydrogen) atoms. The molecule has 0 amide bonds. The van der Waals surface area contributed by atoms with Crippen molar-refractivity contribution in [2.45, 2.75) is 84.9 Å². The highest BCUT2D eigenvalue weighted by molar-refractivity contribution is 5.05. The van der Waals surface area contributed by atoms with Crippen molar-refractivity contribution in [3.8, 4) is 0 Å². The topological polar surface area (TPSA) is 69.9 Å². The summed E-state index contributed by atoms with van der Waals surface area (Å²) >= 11 is 0. The standard InChI is InChI=1S/C15H30O4/c1-13(2,3)8-9-10(16)11(17)12(18)15(7,19-9)14(4,5)6/h9-12,16-18H,8H2,1-7H3/t9-,10-,11+,12-,15?/m1/s1. The van der Waals surface area contributed by atoms with Crippen molar-refractivity contribution >= 4 is 0 Å². The number of aliphatic hydroxyl groups excluding tert-OH is 3. The van der Waals surface area contributed by atoms with Crippen LogP contribution in [0.2, 0.25) is 0 Å². The Morgan fingerprint density at radius 3 is 1.79 bits per heavy atom. The van der Waals surface area contributed by atoms with Gasteiger partial charge in [0.25, 0.3) is 0 Å². The van der Waals surface area contributed by atoms with E-state index < -0.39 is 30.0 Å². The van der Waals surface area contributed by atoms with Crippen LogP contribution in [0.4, 0.5) is 0 Å². The molecule has 0 aromatic rings. The van der Waals surface area contributed by atoms with Gasteiger partial charge in [-0.05, 0) is 24.2 Å². The molecule has 5 atom stereocenters. The molecule has 4 heteroatoms. The Kier molecular flexibility index (Phi) is 4.44. The zero-order valence-corrected chi connectivity index (χ0v) is 13.3. The molecule has 0 aliphatic carbocycles. The van der Waals surface area contributed by atoms with E-state index in [0.29, 0.717) is 6.42 Å². The average molecular weight is 274 g/mol. The Bertz CT molecular complexity index is 315. The van der Waals surface area contributed by atoms with Crippen LogP contribution in [0.1, 0.15) is 54.9 Å². The molecule has 1 aliphatic heterocycles. The quantitative estimate of drug-likeness (QED) is 0.681. The summed E-state index contributed by atoms with van der Waals surface area (Å²) in [6.07, 6.45) is -3.17. The third-order valence-corrected chi connectivity index (χ3v) is 4.32. The molecule has 0 bridgehead atoms. The first kappa shape index (κ1) is 16.9. The van der Waals surface area contributed by atoms with Crippen LogP contribution in [0.25, 0.3) is 0 Å². The predicted octanol–water partition coefficient (Wildman–Crippen LogP) is 1.71. The lowest BCUT2D eigenvalue weighted by Gasteiger charge is -2.54. The van der Waals surface area contributed by atoms with Crippen molar-refractivity contribution in [2.24, 2.45) is 10.8 Å². The average Bonchev–Trinajstić information content (AvgIpc) is 2.19. The van der Waals surface area contributed by atoms with Crippen LogP contribution in [0.5, 0.6) is 0 Å². The Balaban J connectivity index is 3.05. The first-order chi connectivity index (χ1) is 8.29. The minimum Gasteiger partial charge on any atom is -0.388 e. The number of aliphatic hydroxyl groups is 3. The molecule has 1 unspecified atom stereocenters. The van der Waals surface area contributed by atoms with Gasteiger partial charge in [0.1, 0.15) is 18.3 Å². The van der Waals surface area contributed by atoms with E-state index in [9.17, 15) is 15.3 Å². The van der Waals surface area contributed by atoms with Crippen molar-refractivity contribution in [1.29, 1.82) is 0 Å². The van der Waals surface area contributed by atoms with E-state index in [1.165, 1.54) is 0 Å². The molecule has 1 rings (SSSR count). The molecule has 3 N–H and O–H groups in total. The van der Waals surface area contributed by atoms with Gasteiger partial charge in [0.05, 0.1) is 11.7 Å². The Labute approximate surface area is 116 Å². The van der Waals surface area contributed by atoms with Crippen LogP contribution in [-0.2, 0) is 4.74 Å². The SMILES string of the molecule is CC(C)(C)C[C@H]1OC(C)(C(C)(C)C)[C@H](O)[C@@H](O)[C@@H]1O. The molecule has 1 saturated heterocycles. The lowest BCUT2D eigenvalue weighted by atomic mass is 9.69. The second kappa shape index (κ2) is 4.99. The summed E-state index contributed by atoms with van der Waals surface area (Å²) in [7, 11) is 0. The van der Waals surface area contributed by atoms with E-state index in [2.05, 4.69) is 20.8 Å². The van der Waals surface area contributed by atoms with Crippen molar-refractivity contribution < 1.29 is 20.1 Å². The van der Waals surface area contributed by atoms with Gasteiger partial charge in [-0.3, -0.25) is 0 Å². The Hall–Kier alpha value is -0.160. The van der Waals surface area contributed by atoms with Crippen molar-refractivity contribution in [3.05, 3.63) is 0 Å². The van der Waals surface area contributed by atoms with Crippen molar-refractivity contribution in [3.63, 3.8) is 0 Å². The Morgan fingerprint density at radius 2 is 1.42 bits per heavy atom. The number of ether oxygens (including phenoxy) is 1. The molecular formula is C15H30O4. The van der Waals surface area contributed by atoms with E-state index in [4.69, 9.17) is 4.74 Å². The first-order valence-electron chi connectivity index (χ1n) is 7.01. The van der Waals surface area contributed by atoms with Gasteiger partial charge in [-0.1, -0.05) is 41.5 Å². The molecule has 1 fully saturated rings. The van der Waals surface area contributed by atoms with E-state index in [1.807, 2.05) is 27.7 Å². The first-order valence-corrected chi connectivity index (χ1v) is 7.01. The molecule has 0 aromatic heterocycles. The third kappa shape index (κ3) is 3.30. The molecule has 0 spiro atoms. The molecule has 114 valence electrons. The van der Waals surface area contributed by atoms with E-state index in [-0.39, 0.29) is 10.8 Å². The minimum atomic E-state index is -1.18. The third-order valence-electron chi connectivity index (χ3n) is 4.32. The van der Waals surface area contributed by atoms with Gasteiger partial charge in [-0.2, -0.15) is 0 Å². The fourth-order valence-corrected chi connectivity index (χ4v) is 2.57. The minimum absolute atomic E-state index is 0.0214. The van der Waals surface area contributed by atoms with E-state index in [1.54, 1.807) is 0 Å². The number of hydrogen-bond donors (Lipinski definition) is 3. The van der Waals surface area contributed by atoms with Crippen LogP contribution in [0.3, 0.4) is 0 Å². The molecule has 0 radical (unpaired) electrons. The lowest BCUT2D eigenvalue weighted by Crippen LogP contribution is -2.67. The summed E-state index contributed by atoms with van der Waals surface area (Å²) in [6, 6.07) is 0. The Morgan fingerprint density at radius 1 is 0.947 bits per heavy atom. The summed E-state index contributed by atoms with van der Waals surface area (Å²) in [4.78, 5) is 0. The van der Waals surface area contributed by atoms with E-state index >= 15 is 0 Å². The van der Waals surface area contributed by atoms with E-state index in [0.717, 1.165) is 0 Å². The maximum Gasteiger partial charge on any atom is 0.112 e. The summed E-state index contributed by atoms with van der Waals surface area (Å²) in [5, 5.41) is 30.6. The van der Waals surface area contributed by atoms with Gasteiger partial charge in [-0.15, -0.1) is 0 Å². The largest absolute Gasteiger partial charge is 0.388 e. The monoisotopic (exact) mass is 274 g/mol. The van der Waals surface area contributed by atoms with Gasteiger partial charge in [-0.25, -0.2) is 0 Å². The molecule has 1 heterocycles. The van der Waals surface area contributed by atoms with Crippen LogP contribution < -0.4 is 0 Å². The van der Waals surface area contributed by atoms with Crippen molar-refractivity contribution in [1.82, 2.24) is 0 Å². The summed E-state index contributed by atoms with van der Waals surface area (Å²) in [5.74, 6) is 0. The fraction of sp³-hybridized carbons (Fsp3) is 1.00. The molecule has 0 aromatic carbocycles. The van der Waals surface area contributed by atoms with Crippen molar-refractivity contribution in [2.75, 3.05) is 0 Å². The molecule has 1 aliphatic rings. The molecule has 4 nitrogen and oxygen atoms in total. The summed E-state index contributed by atoms with van der Waals surface area (Å²) in [5.41, 5.74) is -1.25. The second-order valence-electron chi connectivity index (χ2n) is 8.20. The summed E-state index contributed by atoms with van der Waals surface area (Å²) < 4.78 is 6.05. The number of rotatable bonds is 1. The normalized spacial score (nSPS) is 41.4. The van der Waals surface area contributed by atoms with Crippen LogP contribution in [0.15, 0.2) is 0 Å². The summed E-state index contributed by atoms with van der Waals surface area (Å²) in [6.45, 7) is 13.9. The van der Waals surface area contributed by atoms with Crippen LogP contribution in [0, 0.1) is 10.8 Å². The fourth-order valence-electron chi connectivity index (χ4n) is 2.57. The van der Waals surface area contributed by atoms with Gasteiger partial charge in [0.15, 0.2) is 0 Å². The highest BCUT2D eigenvalue weighted by Gasteiger charge is 2.56.